The van der Waals surface area contributed by atoms with Crippen molar-refractivity contribution in [2.24, 2.45) is 0 Å². The lowest BCUT2D eigenvalue weighted by Crippen LogP contribution is -2.24. The maximum absolute atomic E-state index is 12.3. The van der Waals surface area contributed by atoms with Crippen LogP contribution in [0.15, 0.2) is 0 Å². The Labute approximate surface area is 145 Å². The number of unbranched alkanes of at least 4 members (excludes halogenated alkanes) is 3. The summed E-state index contributed by atoms with van der Waals surface area (Å²) in [5.74, 6) is 0.195. The number of methoxy groups -OCH3 is 1. The molecule has 2 aromatic heterocycles. The van der Waals surface area contributed by atoms with E-state index in [-0.39, 0.29) is 5.91 Å². The van der Waals surface area contributed by atoms with E-state index in [9.17, 15) is 4.79 Å². The Bertz CT molecular complexity index is 715. The fraction of sp³-hybridized carbons (Fsp3) is 0.500. The Balaban J connectivity index is 2.23. The summed E-state index contributed by atoms with van der Waals surface area (Å²) < 4.78 is 5.17. The molecule has 1 amide bonds. The molecule has 126 valence electrons. The molecule has 3 N–H and O–H groups in total. The minimum atomic E-state index is -0.156. The molecule has 0 fully saturated rings. The fourth-order valence-electron chi connectivity index (χ4n) is 2.42. The summed E-state index contributed by atoms with van der Waals surface area (Å²) >= 11 is 7.49. The van der Waals surface area contributed by atoms with E-state index in [1.165, 1.54) is 31.3 Å². The number of rotatable bonds is 7. The van der Waals surface area contributed by atoms with E-state index in [0.717, 1.165) is 23.8 Å². The van der Waals surface area contributed by atoms with Crippen LogP contribution >= 0.6 is 22.9 Å². The molecular weight excluding hydrogens is 334 g/mol. The number of thiophene rings is 1. The molecule has 0 radical (unpaired) electrons. The minimum Gasteiger partial charge on any atom is -0.480 e. The summed E-state index contributed by atoms with van der Waals surface area (Å²) in [6, 6.07) is 0. The third-order valence-electron chi connectivity index (χ3n) is 3.74. The molecule has 0 aliphatic heterocycles. The van der Waals surface area contributed by atoms with Crippen molar-refractivity contribution in [3.05, 3.63) is 15.5 Å². The highest BCUT2D eigenvalue weighted by molar-refractivity contribution is 7.21. The van der Waals surface area contributed by atoms with E-state index in [4.69, 9.17) is 22.1 Å². The average Bonchev–Trinajstić information content (AvgIpc) is 2.87. The van der Waals surface area contributed by atoms with Gasteiger partial charge in [-0.25, -0.2) is 4.98 Å². The molecule has 7 heteroatoms. The maximum Gasteiger partial charge on any atom is 0.263 e. The zero-order valence-electron chi connectivity index (χ0n) is 13.7. The van der Waals surface area contributed by atoms with E-state index in [2.05, 4.69) is 17.2 Å². The number of fused-ring (bicyclic) bond motifs is 1. The first-order chi connectivity index (χ1) is 11.0. The van der Waals surface area contributed by atoms with Crippen LogP contribution in [0.3, 0.4) is 0 Å². The van der Waals surface area contributed by atoms with Crippen LogP contribution in [0, 0.1) is 6.92 Å². The van der Waals surface area contributed by atoms with Crippen molar-refractivity contribution in [1.82, 2.24) is 10.3 Å². The van der Waals surface area contributed by atoms with Gasteiger partial charge in [-0.05, 0) is 18.9 Å². The van der Waals surface area contributed by atoms with Crippen LogP contribution in [0.5, 0.6) is 5.88 Å². The number of carbonyl (C=O) groups is 1. The number of hydrogen-bond acceptors (Lipinski definition) is 5. The lowest BCUT2D eigenvalue weighted by Gasteiger charge is -2.06. The topological polar surface area (TPSA) is 77.2 Å². The van der Waals surface area contributed by atoms with Gasteiger partial charge in [-0.1, -0.05) is 37.8 Å². The fourth-order valence-corrected chi connectivity index (χ4v) is 3.70. The summed E-state index contributed by atoms with van der Waals surface area (Å²) in [6.45, 7) is 4.67. The van der Waals surface area contributed by atoms with Crippen molar-refractivity contribution in [1.29, 1.82) is 0 Å². The lowest BCUT2D eigenvalue weighted by molar-refractivity contribution is 0.0958. The van der Waals surface area contributed by atoms with Crippen LogP contribution in [0.2, 0.25) is 5.02 Å². The smallest absolute Gasteiger partial charge is 0.263 e. The van der Waals surface area contributed by atoms with Crippen LogP contribution in [0.4, 0.5) is 5.69 Å². The van der Waals surface area contributed by atoms with Gasteiger partial charge in [0.15, 0.2) is 0 Å². The molecule has 23 heavy (non-hydrogen) atoms. The first kappa shape index (κ1) is 17.8. The van der Waals surface area contributed by atoms with Crippen LogP contribution in [-0.2, 0) is 0 Å². The number of amides is 1. The number of nitrogens with zero attached hydrogens (tertiary/aromatic N) is 1. The van der Waals surface area contributed by atoms with E-state index in [0.29, 0.717) is 32.8 Å². The summed E-state index contributed by atoms with van der Waals surface area (Å²) in [7, 11) is 1.51. The molecule has 0 saturated heterocycles. The van der Waals surface area contributed by atoms with Crippen molar-refractivity contribution >= 4 is 44.7 Å². The van der Waals surface area contributed by atoms with Gasteiger partial charge in [0.2, 0.25) is 5.88 Å². The molecule has 0 aliphatic rings. The number of ether oxygens (including phenoxy) is 1. The molecule has 2 rings (SSSR count). The molecule has 5 nitrogen and oxygen atoms in total. The number of hydrogen-bond donors (Lipinski definition) is 2. The molecule has 0 atom stereocenters. The molecule has 2 heterocycles. The highest BCUT2D eigenvalue weighted by Crippen LogP contribution is 2.40. The average molecular weight is 356 g/mol. The summed E-state index contributed by atoms with van der Waals surface area (Å²) in [4.78, 5) is 17.8. The van der Waals surface area contributed by atoms with E-state index in [1.807, 2.05) is 6.92 Å². The summed E-state index contributed by atoms with van der Waals surface area (Å²) in [6.07, 6.45) is 4.44. The zero-order valence-corrected chi connectivity index (χ0v) is 15.2. The number of carbonyl (C=O) groups excluding carboxylic acids is 1. The zero-order chi connectivity index (χ0) is 17.0. The number of anilines is 1. The number of aromatic nitrogens is 1. The largest absolute Gasteiger partial charge is 0.480 e. The highest BCUT2D eigenvalue weighted by atomic mass is 35.5. The van der Waals surface area contributed by atoms with Gasteiger partial charge >= 0.3 is 0 Å². The quantitative estimate of drug-likeness (QED) is 0.731. The lowest BCUT2D eigenvalue weighted by atomic mass is 10.1. The molecule has 0 bridgehead atoms. The Morgan fingerprint density at radius 3 is 2.78 bits per heavy atom. The molecule has 0 spiro atoms. The molecule has 0 aromatic carbocycles. The number of halogens is 1. The van der Waals surface area contributed by atoms with E-state index < -0.39 is 0 Å². The standard InChI is InChI=1S/C16H22ClN3O2S/c1-4-5-6-7-8-19-14(21)13-12(18)10-9(2)11(17)15(22-3)20-16(10)23-13/h4-8,18H2,1-3H3,(H,19,21). The normalized spacial score (nSPS) is 11.0. The molecule has 0 aliphatic carbocycles. The van der Waals surface area contributed by atoms with Gasteiger partial charge in [-0.15, -0.1) is 11.3 Å². The van der Waals surface area contributed by atoms with Gasteiger partial charge in [0.25, 0.3) is 5.91 Å². The predicted molar refractivity (Wildman–Crippen MR) is 96.8 cm³/mol. The van der Waals surface area contributed by atoms with Gasteiger partial charge in [0.1, 0.15) is 14.7 Å². The van der Waals surface area contributed by atoms with Gasteiger partial charge in [0, 0.05) is 11.9 Å². The Morgan fingerprint density at radius 2 is 2.13 bits per heavy atom. The van der Waals surface area contributed by atoms with Crippen molar-refractivity contribution in [3.8, 4) is 5.88 Å². The molecule has 0 saturated carbocycles. The highest BCUT2D eigenvalue weighted by Gasteiger charge is 2.21. The van der Waals surface area contributed by atoms with Crippen LogP contribution in [0.25, 0.3) is 10.2 Å². The van der Waals surface area contributed by atoms with Crippen molar-refractivity contribution in [3.63, 3.8) is 0 Å². The third-order valence-corrected chi connectivity index (χ3v) is 5.28. The molecule has 2 aromatic rings. The third kappa shape index (κ3) is 3.70. The number of nitrogen functional groups attached to an aromatic ring is 1. The van der Waals surface area contributed by atoms with Gasteiger partial charge in [-0.2, -0.15) is 0 Å². The number of nitrogens with one attached hydrogen (secondary N) is 1. The number of pyridine rings is 1. The summed E-state index contributed by atoms with van der Waals surface area (Å²) in [5.41, 5.74) is 7.38. The Morgan fingerprint density at radius 1 is 1.39 bits per heavy atom. The second-order valence-corrected chi connectivity index (χ2v) is 6.78. The SMILES string of the molecule is CCCCCCNC(=O)c1sc2nc(OC)c(Cl)c(C)c2c1N. The van der Waals surface area contributed by atoms with Gasteiger partial charge in [-0.3, -0.25) is 4.79 Å². The second-order valence-electron chi connectivity index (χ2n) is 5.40. The van der Waals surface area contributed by atoms with Crippen LogP contribution < -0.4 is 15.8 Å². The number of nitrogens with two attached hydrogens (primary N) is 1. The van der Waals surface area contributed by atoms with Gasteiger partial charge < -0.3 is 15.8 Å². The monoisotopic (exact) mass is 355 g/mol. The van der Waals surface area contributed by atoms with Crippen LogP contribution in [-0.4, -0.2) is 24.5 Å². The molecule has 0 unspecified atom stereocenters. The predicted octanol–water partition coefficient (Wildman–Crippen LogP) is 4.16. The van der Waals surface area contributed by atoms with Crippen molar-refractivity contribution in [2.75, 3.05) is 19.4 Å². The summed E-state index contributed by atoms with van der Waals surface area (Å²) in [5, 5.41) is 4.08. The second kappa shape index (κ2) is 7.84. The van der Waals surface area contributed by atoms with E-state index in [1.54, 1.807) is 0 Å². The molecular formula is C16H22ClN3O2S. The first-order valence-corrected chi connectivity index (χ1v) is 8.90. The maximum atomic E-state index is 12.3. The van der Waals surface area contributed by atoms with Crippen LogP contribution in [0.1, 0.15) is 47.8 Å². The Kier molecular flexibility index (Phi) is 6.07. The van der Waals surface area contributed by atoms with E-state index >= 15 is 0 Å². The van der Waals surface area contributed by atoms with Crippen molar-refractivity contribution in [2.45, 2.75) is 39.5 Å². The number of aryl methyl sites for hydroxylation is 1. The Hall–Kier alpha value is -1.53. The van der Waals surface area contributed by atoms with Gasteiger partial charge in [0.05, 0.1) is 12.8 Å². The van der Waals surface area contributed by atoms with Crippen molar-refractivity contribution < 1.29 is 9.53 Å². The minimum absolute atomic E-state index is 0.156. The first-order valence-electron chi connectivity index (χ1n) is 7.71.